The summed E-state index contributed by atoms with van der Waals surface area (Å²) in [6, 6.07) is 8.12. The van der Waals surface area contributed by atoms with Crippen LogP contribution in [-0.4, -0.2) is 44.1 Å². The van der Waals surface area contributed by atoms with Crippen molar-refractivity contribution in [2.45, 2.75) is 4.90 Å². The molecule has 5 heteroatoms. The smallest absolute Gasteiger partial charge is 0.316 e. The van der Waals surface area contributed by atoms with Crippen LogP contribution in [0.3, 0.4) is 0 Å². The molecular weight excluding hydrogens is 250 g/mol. The lowest BCUT2D eigenvalue weighted by Gasteiger charge is -2.40. The van der Waals surface area contributed by atoms with Crippen molar-refractivity contribution in [2.75, 3.05) is 38.0 Å². The van der Waals surface area contributed by atoms with Crippen molar-refractivity contribution in [3.05, 3.63) is 24.3 Å². The number of thioether (sulfide) groups is 1. The highest BCUT2D eigenvalue weighted by atomic mass is 32.2. The zero-order valence-electron chi connectivity index (χ0n) is 10.5. The van der Waals surface area contributed by atoms with Crippen LogP contribution in [0, 0.1) is 5.41 Å². The molecule has 0 unspecified atom stereocenters. The van der Waals surface area contributed by atoms with Crippen LogP contribution in [0.4, 0.5) is 5.69 Å². The van der Waals surface area contributed by atoms with E-state index in [0.717, 1.165) is 5.69 Å². The summed E-state index contributed by atoms with van der Waals surface area (Å²) < 4.78 is 5.06. The molecule has 0 saturated carbocycles. The van der Waals surface area contributed by atoms with Gasteiger partial charge in [-0.2, -0.15) is 0 Å². The number of carboxylic acids is 1. The van der Waals surface area contributed by atoms with Gasteiger partial charge in [-0.25, -0.2) is 0 Å². The van der Waals surface area contributed by atoms with Gasteiger partial charge in [-0.05, 0) is 30.5 Å². The van der Waals surface area contributed by atoms with Crippen molar-refractivity contribution in [1.82, 2.24) is 0 Å². The molecule has 0 bridgehead atoms. The van der Waals surface area contributed by atoms with Crippen molar-refractivity contribution >= 4 is 23.4 Å². The van der Waals surface area contributed by atoms with Gasteiger partial charge in [0.2, 0.25) is 0 Å². The fourth-order valence-electron chi connectivity index (χ4n) is 2.01. The van der Waals surface area contributed by atoms with Crippen LogP contribution in [0.15, 0.2) is 29.2 Å². The van der Waals surface area contributed by atoms with Crippen LogP contribution in [0.25, 0.3) is 0 Å². The summed E-state index contributed by atoms with van der Waals surface area (Å²) in [5.74, 6) is -0.777. The Labute approximate surface area is 111 Å². The highest BCUT2D eigenvalue weighted by Gasteiger charge is 2.47. The summed E-state index contributed by atoms with van der Waals surface area (Å²) in [6.07, 6.45) is 2.03. The first-order valence-corrected chi connectivity index (χ1v) is 6.96. The predicted octanol–water partition coefficient (Wildman–Crippen LogP) is 1.95. The number of ether oxygens (including phenoxy) is 1. The molecule has 1 saturated heterocycles. The summed E-state index contributed by atoms with van der Waals surface area (Å²) in [5, 5.41) is 9.25. The second-order valence-electron chi connectivity index (χ2n) is 4.63. The van der Waals surface area contributed by atoms with Crippen LogP contribution in [0.2, 0.25) is 0 Å². The number of hydrogen-bond acceptors (Lipinski definition) is 4. The molecule has 1 fully saturated rings. The minimum absolute atomic E-state index is 0.301. The van der Waals surface area contributed by atoms with Gasteiger partial charge in [-0.1, -0.05) is 0 Å². The Hall–Kier alpha value is -1.20. The summed E-state index contributed by atoms with van der Waals surface area (Å²) in [5.41, 5.74) is 0.285. The third kappa shape index (κ3) is 2.47. The predicted molar refractivity (Wildman–Crippen MR) is 72.4 cm³/mol. The molecule has 0 atom stereocenters. The third-order valence-electron chi connectivity index (χ3n) is 3.26. The molecule has 0 aliphatic carbocycles. The Balaban J connectivity index is 2.06. The van der Waals surface area contributed by atoms with Gasteiger partial charge in [0.05, 0.1) is 13.2 Å². The van der Waals surface area contributed by atoms with Gasteiger partial charge in [-0.3, -0.25) is 4.79 Å². The number of carbonyl (C=O) groups is 1. The Morgan fingerprint density at radius 3 is 2.44 bits per heavy atom. The minimum atomic E-state index is -0.777. The van der Waals surface area contributed by atoms with Crippen LogP contribution < -0.4 is 4.90 Å². The van der Waals surface area contributed by atoms with Crippen LogP contribution in [0.1, 0.15) is 0 Å². The summed E-state index contributed by atoms with van der Waals surface area (Å²) in [7, 11) is 1.91. The molecule has 1 aliphatic heterocycles. The van der Waals surface area contributed by atoms with Gasteiger partial charge in [0.15, 0.2) is 0 Å². The summed E-state index contributed by atoms with van der Waals surface area (Å²) in [6.45, 7) is 1.08. The monoisotopic (exact) mass is 267 g/mol. The number of rotatable bonds is 5. The van der Waals surface area contributed by atoms with Gasteiger partial charge in [-0.15, -0.1) is 11.8 Å². The quantitative estimate of drug-likeness (QED) is 0.826. The fourth-order valence-corrected chi connectivity index (χ4v) is 2.42. The van der Waals surface area contributed by atoms with Crippen LogP contribution >= 0.6 is 11.8 Å². The van der Waals surface area contributed by atoms with E-state index in [1.54, 1.807) is 11.8 Å². The molecule has 1 heterocycles. The Bertz CT molecular complexity index is 428. The van der Waals surface area contributed by atoms with E-state index in [0.29, 0.717) is 19.8 Å². The molecule has 1 aromatic rings. The number of nitrogens with zero attached hydrogens (tertiary/aromatic N) is 1. The molecule has 0 radical (unpaired) electrons. The molecule has 1 aromatic carbocycles. The largest absolute Gasteiger partial charge is 0.481 e. The van der Waals surface area contributed by atoms with E-state index in [-0.39, 0.29) is 0 Å². The molecule has 18 heavy (non-hydrogen) atoms. The maximum absolute atomic E-state index is 11.3. The first-order chi connectivity index (χ1) is 8.57. The van der Waals surface area contributed by atoms with Gasteiger partial charge in [0, 0.05) is 24.2 Å². The number of anilines is 1. The second-order valence-corrected chi connectivity index (χ2v) is 5.51. The fraction of sp³-hybridized carbons (Fsp3) is 0.462. The average molecular weight is 267 g/mol. The van der Waals surface area contributed by atoms with Gasteiger partial charge in [0.1, 0.15) is 5.41 Å². The molecule has 1 N–H and O–H groups in total. The lowest BCUT2D eigenvalue weighted by atomic mass is 9.85. The van der Waals surface area contributed by atoms with Crippen molar-refractivity contribution in [1.29, 1.82) is 0 Å². The summed E-state index contributed by atoms with van der Waals surface area (Å²) >= 11 is 1.69. The van der Waals surface area contributed by atoms with Gasteiger partial charge < -0.3 is 14.7 Å². The zero-order chi connectivity index (χ0) is 13.2. The number of carboxylic acid groups (broad SMARTS) is 1. The van der Waals surface area contributed by atoms with Gasteiger partial charge >= 0.3 is 5.97 Å². The number of aliphatic carboxylic acids is 1. The Morgan fingerprint density at radius 2 is 2.06 bits per heavy atom. The highest BCUT2D eigenvalue weighted by molar-refractivity contribution is 7.98. The minimum Gasteiger partial charge on any atom is -0.481 e. The first kappa shape index (κ1) is 13.2. The molecular formula is C13H17NO3S. The molecule has 98 valence electrons. The van der Waals surface area contributed by atoms with E-state index in [9.17, 15) is 9.90 Å². The SMILES string of the molecule is CSc1ccc(N(C)CC2(C(=O)O)COC2)cc1. The van der Waals surface area contributed by atoms with E-state index in [1.807, 2.05) is 42.5 Å². The molecule has 2 rings (SSSR count). The Kier molecular flexibility index (Phi) is 3.82. The molecule has 0 amide bonds. The maximum atomic E-state index is 11.3. The van der Waals surface area contributed by atoms with Gasteiger partial charge in [0.25, 0.3) is 0 Å². The second kappa shape index (κ2) is 5.20. The van der Waals surface area contributed by atoms with Crippen molar-refractivity contribution in [3.8, 4) is 0 Å². The zero-order valence-corrected chi connectivity index (χ0v) is 11.4. The molecule has 4 nitrogen and oxygen atoms in total. The lowest BCUT2D eigenvalue weighted by Crippen LogP contribution is -2.55. The lowest BCUT2D eigenvalue weighted by molar-refractivity contribution is -0.177. The van der Waals surface area contributed by atoms with Crippen LogP contribution in [0.5, 0.6) is 0 Å². The normalized spacial score (nSPS) is 17.0. The van der Waals surface area contributed by atoms with E-state index in [1.165, 1.54) is 4.90 Å². The summed E-state index contributed by atoms with van der Waals surface area (Å²) in [4.78, 5) is 14.4. The van der Waals surface area contributed by atoms with Crippen LogP contribution in [-0.2, 0) is 9.53 Å². The van der Waals surface area contributed by atoms with E-state index in [4.69, 9.17) is 4.74 Å². The molecule has 0 aromatic heterocycles. The number of hydrogen-bond donors (Lipinski definition) is 1. The highest BCUT2D eigenvalue weighted by Crippen LogP contribution is 2.30. The van der Waals surface area contributed by atoms with E-state index in [2.05, 4.69) is 0 Å². The Morgan fingerprint density at radius 1 is 1.44 bits per heavy atom. The number of benzene rings is 1. The molecule has 1 aliphatic rings. The average Bonchev–Trinajstić information content (AvgIpc) is 2.33. The van der Waals surface area contributed by atoms with Crippen molar-refractivity contribution in [2.24, 2.45) is 5.41 Å². The van der Waals surface area contributed by atoms with Crippen molar-refractivity contribution in [3.63, 3.8) is 0 Å². The standard InChI is InChI=1S/C13H17NO3S/c1-14(7-13(12(15)16)8-17-9-13)10-3-5-11(18-2)6-4-10/h3-6H,7-9H2,1-2H3,(H,15,16). The van der Waals surface area contributed by atoms with Crippen molar-refractivity contribution < 1.29 is 14.6 Å². The van der Waals surface area contributed by atoms with E-state index >= 15 is 0 Å². The van der Waals surface area contributed by atoms with E-state index < -0.39 is 11.4 Å². The molecule has 0 spiro atoms. The first-order valence-electron chi connectivity index (χ1n) is 5.74. The third-order valence-corrected chi connectivity index (χ3v) is 4.01. The maximum Gasteiger partial charge on any atom is 0.316 e. The topological polar surface area (TPSA) is 49.8 Å².